The van der Waals surface area contributed by atoms with Crippen LogP contribution >= 0.6 is 0 Å². The maximum Gasteiger partial charge on any atom is 0.0733 e. The second kappa shape index (κ2) is 5.71. The number of nitrogens with one attached hydrogen (secondary N) is 1. The summed E-state index contributed by atoms with van der Waals surface area (Å²) in [5.41, 5.74) is 1.42. The fourth-order valence-corrected chi connectivity index (χ4v) is 4.34. The molecule has 1 aromatic rings. The number of rotatable bonds is 4. The van der Waals surface area contributed by atoms with Gasteiger partial charge in [-0.15, -0.1) is 0 Å². The molecule has 0 saturated carbocycles. The fourth-order valence-electron chi connectivity index (χ4n) is 4.34. The molecule has 3 heterocycles. The molecular weight excluding hydrogens is 260 g/mol. The van der Waals surface area contributed by atoms with E-state index in [0.717, 1.165) is 12.5 Å². The van der Waals surface area contributed by atoms with Crippen LogP contribution in [-0.2, 0) is 11.3 Å². The quantitative estimate of drug-likeness (QED) is 0.920. The van der Waals surface area contributed by atoms with Crippen molar-refractivity contribution in [3.63, 3.8) is 0 Å². The first-order valence-electron chi connectivity index (χ1n) is 8.46. The lowest BCUT2D eigenvalue weighted by molar-refractivity contribution is 0.0955. The molecule has 0 amide bonds. The Morgan fingerprint density at radius 1 is 1.14 bits per heavy atom. The van der Waals surface area contributed by atoms with Gasteiger partial charge in [0.1, 0.15) is 0 Å². The summed E-state index contributed by atoms with van der Waals surface area (Å²) in [5, 5.41) is 3.91. The average molecular weight is 286 g/mol. The molecule has 3 fully saturated rings. The average Bonchev–Trinajstić information content (AvgIpc) is 3.17. The van der Waals surface area contributed by atoms with Crippen molar-refractivity contribution in [2.75, 3.05) is 13.1 Å². The van der Waals surface area contributed by atoms with E-state index in [-0.39, 0.29) is 0 Å². The number of hydrogen-bond donors (Lipinski definition) is 1. The number of benzene rings is 1. The van der Waals surface area contributed by atoms with Gasteiger partial charge < -0.3 is 10.1 Å². The van der Waals surface area contributed by atoms with Crippen LogP contribution in [0.5, 0.6) is 0 Å². The minimum absolute atomic E-state index is 0.491. The first kappa shape index (κ1) is 13.7. The minimum Gasteiger partial charge on any atom is -0.373 e. The Labute approximate surface area is 127 Å². The summed E-state index contributed by atoms with van der Waals surface area (Å²) in [5.74, 6) is 0.729. The highest BCUT2D eigenvalue weighted by Gasteiger charge is 2.42. The molecule has 5 atom stereocenters. The van der Waals surface area contributed by atoms with Gasteiger partial charge in [-0.2, -0.15) is 0 Å². The van der Waals surface area contributed by atoms with Crippen LogP contribution in [0.3, 0.4) is 0 Å². The lowest BCUT2D eigenvalue weighted by atomic mass is 9.94. The fraction of sp³-hybridized carbons (Fsp3) is 0.667. The van der Waals surface area contributed by atoms with E-state index < -0.39 is 0 Å². The summed E-state index contributed by atoms with van der Waals surface area (Å²) in [6.07, 6.45) is 4.81. The highest BCUT2D eigenvalue weighted by molar-refractivity contribution is 5.15. The van der Waals surface area contributed by atoms with Gasteiger partial charge >= 0.3 is 0 Å². The molecule has 3 heteroatoms. The zero-order chi connectivity index (χ0) is 14.2. The molecule has 2 bridgehead atoms. The van der Waals surface area contributed by atoms with Crippen LogP contribution in [0, 0.1) is 5.92 Å². The molecule has 0 spiro atoms. The van der Waals surface area contributed by atoms with Crippen LogP contribution in [0.15, 0.2) is 30.3 Å². The summed E-state index contributed by atoms with van der Waals surface area (Å²) in [7, 11) is 0. The molecule has 0 aliphatic carbocycles. The molecule has 114 valence electrons. The Kier molecular flexibility index (Phi) is 3.74. The van der Waals surface area contributed by atoms with Gasteiger partial charge in [-0.3, -0.25) is 4.90 Å². The first-order chi connectivity index (χ1) is 10.3. The molecule has 3 aliphatic heterocycles. The van der Waals surface area contributed by atoms with Crippen molar-refractivity contribution in [3.8, 4) is 0 Å². The van der Waals surface area contributed by atoms with E-state index in [1.54, 1.807) is 0 Å². The Balaban J connectivity index is 1.33. The Morgan fingerprint density at radius 3 is 2.71 bits per heavy atom. The van der Waals surface area contributed by atoms with Gasteiger partial charge in [-0.25, -0.2) is 0 Å². The second-order valence-corrected chi connectivity index (χ2v) is 7.15. The van der Waals surface area contributed by atoms with Crippen molar-refractivity contribution in [2.24, 2.45) is 5.92 Å². The monoisotopic (exact) mass is 286 g/mol. The van der Waals surface area contributed by atoms with Crippen LogP contribution < -0.4 is 5.32 Å². The number of fused-ring (bicyclic) bond motifs is 2. The van der Waals surface area contributed by atoms with Crippen molar-refractivity contribution in [3.05, 3.63) is 35.9 Å². The van der Waals surface area contributed by atoms with Gasteiger partial charge in [0.2, 0.25) is 0 Å². The molecule has 0 radical (unpaired) electrons. The van der Waals surface area contributed by atoms with Gasteiger partial charge in [0.15, 0.2) is 0 Å². The smallest absolute Gasteiger partial charge is 0.0733 e. The van der Waals surface area contributed by atoms with Crippen LogP contribution in [0.2, 0.25) is 0 Å². The topological polar surface area (TPSA) is 24.5 Å². The van der Waals surface area contributed by atoms with Crippen molar-refractivity contribution >= 4 is 0 Å². The van der Waals surface area contributed by atoms with Crippen molar-refractivity contribution < 1.29 is 4.74 Å². The Morgan fingerprint density at radius 2 is 2.00 bits per heavy atom. The van der Waals surface area contributed by atoms with E-state index in [1.165, 1.54) is 37.9 Å². The summed E-state index contributed by atoms with van der Waals surface area (Å²) >= 11 is 0. The molecule has 21 heavy (non-hydrogen) atoms. The van der Waals surface area contributed by atoms with E-state index in [2.05, 4.69) is 47.5 Å². The number of hydrogen-bond acceptors (Lipinski definition) is 3. The highest BCUT2D eigenvalue weighted by Crippen LogP contribution is 2.35. The van der Waals surface area contributed by atoms with Gasteiger partial charge in [-0.1, -0.05) is 37.3 Å². The molecule has 1 aromatic carbocycles. The summed E-state index contributed by atoms with van der Waals surface area (Å²) in [6.45, 7) is 5.84. The van der Waals surface area contributed by atoms with Crippen molar-refractivity contribution in [1.82, 2.24) is 10.2 Å². The van der Waals surface area contributed by atoms with Gasteiger partial charge in [0.05, 0.1) is 12.2 Å². The molecule has 0 aromatic heterocycles. The molecule has 1 N–H and O–H groups in total. The van der Waals surface area contributed by atoms with E-state index in [9.17, 15) is 0 Å². The van der Waals surface area contributed by atoms with Crippen LogP contribution in [0.4, 0.5) is 0 Å². The number of nitrogens with zero attached hydrogens (tertiary/aromatic N) is 1. The predicted molar refractivity (Wildman–Crippen MR) is 84.1 cm³/mol. The standard InChI is InChI=1S/C18H26N2O/c1-13-10-20(11-14-5-3-2-4-6-14)12-17(13)19-16-9-15-7-8-18(16)21-15/h2-6,13,15-19H,7-12H2,1H3/t13-,15-,16-,17+,18-/m1/s1. The van der Waals surface area contributed by atoms with Gasteiger partial charge in [-0.05, 0) is 30.7 Å². The zero-order valence-electron chi connectivity index (χ0n) is 12.9. The Hall–Kier alpha value is -0.900. The van der Waals surface area contributed by atoms with Gasteiger partial charge in [0, 0.05) is 31.7 Å². The normalized spacial score (nSPS) is 39.2. The third-order valence-corrected chi connectivity index (χ3v) is 5.47. The molecule has 3 nitrogen and oxygen atoms in total. The lowest BCUT2D eigenvalue weighted by Gasteiger charge is -2.26. The van der Waals surface area contributed by atoms with E-state index >= 15 is 0 Å². The molecular formula is C18H26N2O. The number of likely N-dealkylation sites (tertiary alicyclic amines) is 1. The summed E-state index contributed by atoms with van der Waals surface area (Å²) < 4.78 is 5.98. The maximum atomic E-state index is 5.98. The lowest BCUT2D eigenvalue weighted by Crippen LogP contribution is -2.46. The molecule has 4 rings (SSSR count). The van der Waals surface area contributed by atoms with Gasteiger partial charge in [0.25, 0.3) is 0 Å². The summed E-state index contributed by atoms with van der Waals surface area (Å²) in [4.78, 5) is 2.59. The minimum atomic E-state index is 0.491. The van der Waals surface area contributed by atoms with E-state index in [4.69, 9.17) is 4.74 Å². The van der Waals surface area contributed by atoms with E-state index in [0.29, 0.717) is 24.3 Å². The molecule has 3 saturated heterocycles. The van der Waals surface area contributed by atoms with Crippen LogP contribution in [0.1, 0.15) is 31.7 Å². The first-order valence-corrected chi connectivity index (χ1v) is 8.46. The summed E-state index contributed by atoms with van der Waals surface area (Å²) in [6, 6.07) is 12.1. The van der Waals surface area contributed by atoms with E-state index in [1.807, 2.05) is 0 Å². The van der Waals surface area contributed by atoms with Crippen molar-refractivity contribution in [1.29, 1.82) is 0 Å². The molecule has 0 unspecified atom stereocenters. The SMILES string of the molecule is C[C@@H]1CN(Cc2ccccc2)C[C@@H]1N[C@@H]1C[C@H]2CC[C@H]1O2. The number of ether oxygens (including phenoxy) is 1. The third kappa shape index (κ3) is 2.87. The van der Waals surface area contributed by atoms with Crippen molar-refractivity contribution in [2.45, 2.75) is 57.0 Å². The van der Waals surface area contributed by atoms with Crippen LogP contribution in [0.25, 0.3) is 0 Å². The highest BCUT2D eigenvalue weighted by atomic mass is 16.5. The maximum absolute atomic E-state index is 5.98. The second-order valence-electron chi connectivity index (χ2n) is 7.15. The Bertz CT molecular complexity index is 477. The molecule has 3 aliphatic rings. The van der Waals surface area contributed by atoms with Crippen LogP contribution in [-0.4, -0.2) is 42.3 Å². The zero-order valence-corrected chi connectivity index (χ0v) is 12.9. The predicted octanol–water partition coefficient (Wildman–Crippen LogP) is 2.42. The third-order valence-electron chi connectivity index (χ3n) is 5.47. The largest absolute Gasteiger partial charge is 0.373 e.